The standard InChI is InChI=1S/C22H17NO4/c1-3-11-26-22(25)17-6-4-5-16(13-17)21-10-8-19(27-21)14-23-20-9-7-18(24)12-15(20)2/h1,4-10,12-14,24H,11H2,2H3. The average Bonchev–Trinajstić information content (AvgIpc) is 3.14. The summed E-state index contributed by atoms with van der Waals surface area (Å²) in [6.45, 7) is 1.80. The maximum atomic E-state index is 11.9. The number of phenolic OH excluding ortho intramolecular Hbond substituents is 1. The van der Waals surface area contributed by atoms with E-state index in [1.807, 2.05) is 13.0 Å². The molecule has 1 N–H and O–H groups in total. The van der Waals surface area contributed by atoms with Gasteiger partial charge in [-0.3, -0.25) is 4.99 Å². The Kier molecular flexibility index (Phi) is 5.38. The maximum Gasteiger partial charge on any atom is 0.339 e. The van der Waals surface area contributed by atoms with Gasteiger partial charge < -0.3 is 14.3 Å². The number of terminal acetylenes is 1. The van der Waals surface area contributed by atoms with Crippen LogP contribution in [-0.4, -0.2) is 23.9 Å². The van der Waals surface area contributed by atoms with Gasteiger partial charge in [-0.25, -0.2) is 4.79 Å². The normalized spacial score (nSPS) is 10.7. The molecule has 0 saturated heterocycles. The van der Waals surface area contributed by atoms with Gasteiger partial charge in [0.1, 0.15) is 17.3 Å². The summed E-state index contributed by atoms with van der Waals surface area (Å²) >= 11 is 0. The van der Waals surface area contributed by atoms with Gasteiger partial charge in [0.15, 0.2) is 6.61 Å². The number of carbonyl (C=O) groups is 1. The lowest BCUT2D eigenvalue weighted by Crippen LogP contribution is -2.05. The number of hydrogen-bond donors (Lipinski definition) is 1. The van der Waals surface area contributed by atoms with Gasteiger partial charge >= 0.3 is 5.97 Å². The first-order valence-corrected chi connectivity index (χ1v) is 8.21. The molecule has 0 spiro atoms. The van der Waals surface area contributed by atoms with E-state index in [1.54, 1.807) is 54.7 Å². The molecule has 0 unspecified atom stereocenters. The van der Waals surface area contributed by atoms with Gasteiger partial charge in [0.05, 0.1) is 17.5 Å². The van der Waals surface area contributed by atoms with Crippen LogP contribution in [0.2, 0.25) is 0 Å². The van der Waals surface area contributed by atoms with Crippen molar-refractivity contribution in [3.8, 4) is 29.4 Å². The first-order valence-electron chi connectivity index (χ1n) is 8.21. The number of hydrogen-bond acceptors (Lipinski definition) is 5. The van der Waals surface area contributed by atoms with Gasteiger partial charge in [0.25, 0.3) is 0 Å². The van der Waals surface area contributed by atoms with Crippen molar-refractivity contribution in [1.82, 2.24) is 0 Å². The largest absolute Gasteiger partial charge is 0.508 e. The van der Waals surface area contributed by atoms with E-state index in [4.69, 9.17) is 15.6 Å². The van der Waals surface area contributed by atoms with Crippen LogP contribution >= 0.6 is 0 Å². The van der Waals surface area contributed by atoms with Gasteiger partial charge in [0.2, 0.25) is 0 Å². The summed E-state index contributed by atoms with van der Waals surface area (Å²) in [5.74, 6) is 3.15. The zero-order valence-electron chi connectivity index (χ0n) is 14.7. The molecule has 0 bridgehead atoms. The number of aryl methyl sites for hydroxylation is 1. The molecule has 0 aliphatic heterocycles. The fourth-order valence-electron chi connectivity index (χ4n) is 2.48. The van der Waals surface area contributed by atoms with Crippen LogP contribution in [0.5, 0.6) is 5.75 Å². The van der Waals surface area contributed by atoms with Crippen molar-refractivity contribution in [2.45, 2.75) is 6.92 Å². The number of phenols is 1. The van der Waals surface area contributed by atoms with Crippen LogP contribution in [0.3, 0.4) is 0 Å². The number of furan rings is 1. The predicted octanol–water partition coefficient (Wildman–Crippen LogP) is 4.50. The van der Waals surface area contributed by atoms with Gasteiger partial charge in [0, 0.05) is 5.56 Å². The quantitative estimate of drug-likeness (QED) is 0.413. The summed E-state index contributed by atoms with van der Waals surface area (Å²) in [6, 6.07) is 15.5. The van der Waals surface area contributed by atoms with Crippen molar-refractivity contribution in [3.05, 3.63) is 71.5 Å². The summed E-state index contributed by atoms with van der Waals surface area (Å²) in [4.78, 5) is 16.3. The van der Waals surface area contributed by atoms with Crippen LogP contribution in [0.15, 0.2) is 64.0 Å². The van der Waals surface area contributed by atoms with Crippen LogP contribution in [0.4, 0.5) is 5.69 Å². The molecule has 0 radical (unpaired) electrons. The molecular formula is C22H17NO4. The molecule has 0 atom stereocenters. The van der Waals surface area contributed by atoms with E-state index in [-0.39, 0.29) is 12.4 Å². The minimum absolute atomic E-state index is 0.0684. The molecule has 0 fully saturated rings. The lowest BCUT2D eigenvalue weighted by molar-refractivity contribution is 0.0557. The molecule has 0 saturated carbocycles. The number of nitrogens with zero attached hydrogens (tertiary/aromatic N) is 1. The Morgan fingerprint density at radius 3 is 2.89 bits per heavy atom. The summed E-state index contributed by atoms with van der Waals surface area (Å²) in [7, 11) is 0. The third kappa shape index (κ3) is 4.44. The lowest BCUT2D eigenvalue weighted by Gasteiger charge is -2.03. The SMILES string of the molecule is C#CCOC(=O)c1cccc(-c2ccc(C=Nc3ccc(O)cc3C)o2)c1. The molecular weight excluding hydrogens is 342 g/mol. The second kappa shape index (κ2) is 8.07. The molecule has 3 rings (SSSR count). The van der Waals surface area contributed by atoms with Crippen LogP contribution in [0.25, 0.3) is 11.3 Å². The molecule has 27 heavy (non-hydrogen) atoms. The molecule has 5 heteroatoms. The second-order valence-electron chi connectivity index (χ2n) is 5.79. The number of aromatic hydroxyl groups is 1. The van der Waals surface area contributed by atoms with E-state index in [1.165, 1.54) is 0 Å². The van der Waals surface area contributed by atoms with Gasteiger partial charge in [-0.05, 0) is 55.0 Å². The molecule has 134 valence electrons. The first kappa shape index (κ1) is 18.0. The lowest BCUT2D eigenvalue weighted by atomic mass is 10.1. The highest BCUT2D eigenvalue weighted by Gasteiger charge is 2.10. The third-order valence-electron chi connectivity index (χ3n) is 3.81. The third-order valence-corrected chi connectivity index (χ3v) is 3.81. The van der Waals surface area contributed by atoms with Crippen LogP contribution in [0.1, 0.15) is 21.7 Å². The number of benzene rings is 2. The molecule has 1 aromatic heterocycles. The number of rotatable bonds is 5. The van der Waals surface area contributed by atoms with Crippen LogP contribution in [-0.2, 0) is 4.74 Å². The minimum atomic E-state index is -0.481. The van der Waals surface area contributed by atoms with Crippen LogP contribution in [0, 0.1) is 19.3 Å². The fourth-order valence-corrected chi connectivity index (χ4v) is 2.48. The summed E-state index contributed by atoms with van der Waals surface area (Å²) in [5.41, 5.74) is 2.74. The van der Waals surface area contributed by atoms with Gasteiger partial charge in [-0.15, -0.1) is 6.42 Å². The zero-order valence-corrected chi connectivity index (χ0v) is 14.7. The molecule has 0 aliphatic carbocycles. The van der Waals surface area contributed by atoms with Crippen molar-refractivity contribution < 1.29 is 19.1 Å². The molecule has 0 amide bonds. The summed E-state index contributed by atoms with van der Waals surface area (Å²) in [5, 5.41) is 9.45. The van der Waals surface area contributed by atoms with Crippen molar-refractivity contribution in [1.29, 1.82) is 0 Å². The summed E-state index contributed by atoms with van der Waals surface area (Å²) < 4.78 is 10.7. The van der Waals surface area contributed by atoms with Crippen molar-refractivity contribution in [2.75, 3.05) is 6.61 Å². The minimum Gasteiger partial charge on any atom is -0.508 e. The average molecular weight is 359 g/mol. The smallest absolute Gasteiger partial charge is 0.339 e. The highest BCUT2D eigenvalue weighted by Crippen LogP contribution is 2.25. The maximum absolute atomic E-state index is 11.9. The number of esters is 1. The van der Waals surface area contributed by atoms with E-state index >= 15 is 0 Å². The number of carbonyl (C=O) groups excluding carboxylic acids is 1. The Balaban J connectivity index is 1.78. The Morgan fingerprint density at radius 1 is 1.26 bits per heavy atom. The topological polar surface area (TPSA) is 72.0 Å². The molecule has 2 aromatic carbocycles. The predicted molar refractivity (Wildman–Crippen MR) is 103 cm³/mol. The highest BCUT2D eigenvalue weighted by molar-refractivity contribution is 5.91. The molecule has 3 aromatic rings. The van der Waals surface area contributed by atoms with Crippen molar-refractivity contribution in [2.24, 2.45) is 4.99 Å². The molecule has 1 heterocycles. The summed E-state index contributed by atoms with van der Waals surface area (Å²) in [6.07, 6.45) is 6.70. The zero-order chi connectivity index (χ0) is 19.2. The second-order valence-corrected chi connectivity index (χ2v) is 5.79. The van der Waals surface area contributed by atoms with E-state index in [0.29, 0.717) is 17.1 Å². The van der Waals surface area contributed by atoms with E-state index in [0.717, 1.165) is 16.8 Å². The highest BCUT2D eigenvalue weighted by atomic mass is 16.5. The van der Waals surface area contributed by atoms with Gasteiger partial charge in [-0.2, -0.15) is 0 Å². The number of ether oxygens (including phenoxy) is 1. The Morgan fingerprint density at radius 2 is 2.11 bits per heavy atom. The van der Waals surface area contributed by atoms with Crippen LogP contribution < -0.4 is 0 Å². The van der Waals surface area contributed by atoms with E-state index < -0.39 is 5.97 Å². The molecule has 5 nitrogen and oxygen atoms in total. The number of aliphatic imine (C=N–C) groups is 1. The monoisotopic (exact) mass is 359 g/mol. The van der Waals surface area contributed by atoms with Crippen molar-refractivity contribution >= 4 is 17.9 Å². The fraction of sp³-hybridized carbons (Fsp3) is 0.0909. The van der Waals surface area contributed by atoms with Crippen molar-refractivity contribution in [3.63, 3.8) is 0 Å². The molecule has 0 aliphatic rings. The Labute approximate surface area is 156 Å². The Hall–Kier alpha value is -3.78. The van der Waals surface area contributed by atoms with E-state index in [9.17, 15) is 9.90 Å². The Bertz CT molecular complexity index is 1040. The van der Waals surface area contributed by atoms with Gasteiger partial charge in [-0.1, -0.05) is 18.1 Å². The first-order chi connectivity index (χ1) is 13.1. The van der Waals surface area contributed by atoms with E-state index in [2.05, 4.69) is 10.9 Å².